The second kappa shape index (κ2) is 4.59. The first kappa shape index (κ1) is 12.0. The second-order valence-corrected chi connectivity index (χ2v) is 5.39. The number of nitrogens with zero attached hydrogens (tertiary/aromatic N) is 2. The van der Waals surface area contributed by atoms with Gasteiger partial charge in [0.2, 0.25) is 0 Å². The summed E-state index contributed by atoms with van der Waals surface area (Å²) in [6.45, 7) is 0. The summed E-state index contributed by atoms with van der Waals surface area (Å²) in [5.74, 6) is 0.873. The van der Waals surface area contributed by atoms with Gasteiger partial charge in [-0.2, -0.15) is 0 Å². The standard InChI is InChI=1S/C14H15N3OS/c1-17-7-9(5-10-8-19-14(15)16-10)12-6-11(18-2)3-4-13(12)17/h3-4,6-8H,5H2,1-2H3,(H2,15,16). The third kappa shape index (κ3) is 2.17. The van der Waals surface area contributed by atoms with E-state index in [4.69, 9.17) is 10.5 Å². The minimum Gasteiger partial charge on any atom is -0.497 e. The van der Waals surface area contributed by atoms with Gasteiger partial charge in [-0.3, -0.25) is 0 Å². The van der Waals surface area contributed by atoms with Gasteiger partial charge in [0.25, 0.3) is 0 Å². The minimum absolute atomic E-state index is 0.618. The predicted molar refractivity (Wildman–Crippen MR) is 78.8 cm³/mol. The lowest BCUT2D eigenvalue weighted by atomic mass is 10.1. The van der Waals surface area contributed by atoms with E-state index in [1.807, 2.05) is 18.5 Å². The maximum atomic E-state index is 5.68. The zero-order chi connectivity index (χ0) is 13.4. The molecule has 3 aromatic rings. The van der Waals surface area contributed by atoms with Gasteiger partial charge in [-0.1, -0.05) is 0 Å². The Kier molecular flexibility index (Phi) is 2.91. The molecule has 0 bridgehead atoms. The van der Waals surface area contributed by atoms with E-state index in [0.717, 1.165) is 17.9 Å². The number of fused-ring (bicyclic) bond motifs is 1. The van der Waals surface area contributed by atoms with Crippen LogP contribution in [0.15, 0.2) is 29.8 Å². The SMILES string of the molecule is COc1ccc2c(c1)c(Cc1csc(N)n1)cn2C. The Bertz CT molecular complexity index is 729. The van der Waals surface area contributed by atoms with Crippen LogP contribution >= 0.6 is 11.3 Å². The fourth-order valence-electron chi connectivity index (χ4n) is 2.32. The summed E-state index contributed by atoms with van der Waals surface area (Å²) in [5, 5.41) is 3.83. The van der Waals surface area contributed by atoms with Crippen LogP contribution in [-0.4, -0.2) is 16.7 Å². The number of methoxy groups -OCH3 is 1. The van der Waals surface area contributed by atoms with Gasteiger partial charge < -0.3 is 15.0 Å². The number of benzene rings is 1. The van der Waals surface area contributed by atoms with Gasteiger partial charge in [0.05, 0.1) is 12.8 Å². The van der Waals surface area contributed by atoms with E-state index in [2.05, 4.69) is 27.9 Å². The van der Waals surface area contributed by atoms with E-state index >= 15 is 0 Å². The van der Waals surface area contributed by atoms with Crippen LogP contribution in [0.1, 0.15) is 11.3 Å². The van der Waals surface area contributed by atoms with Crippen molar-refractivity contribution in [3.63, 3.8) is 0 Å². The van der Waals surface area contributed by atoms with Crippen molar-refractivity contribution in [2.45, 2.75) is 6.42 Å². The lowest BCUT2D eigenvalue weighted by molar-refractivity contribution is 0.415. The molecule has 0 fully saturated rings. The summed E-state index contributed by atoms with van der Waals surface area (Å²) in [7, 11) is 3.73. The number of ether oxygens (including phenoxy) is 1. The van der Waals surface area contributed by atoms with Crippen LogP contribution in [0.5, 0.6) is 5.75 Å². The third-order valence-electron chi connectivity index (χ3n) is 3.22. The van der Waals surface area contributed by atoms with E-state index < -0.39 is 0 Å². The lowest BCUT2D eigenvalue weighted by Gasteiger charge is -2.01. The molecule has 0 saturated carbocycles. The number of aromatic nitrogens is 2. The molecule has 0 aliphatic heterocycles. The Morgan fingerprint density at radius 3 is 2.95 bits per heavy atom. The van der Waals surface area contributed by atoms with E-state index in [0.29, 0.717) is 5.13 Å². The van der Waals surface area contributed by atoms with Crippen LogP contribution in [-0.2, 0) is 13.5 Å². The Morgan fingerprint density at radius 1 is 1.42 bits per heavy atom. The molecule has 19 heavy (non-hydrogen) atoms. The summed E-state index contributed by atoms with van der Waals surface area (Å²) >= 11 is 1.48. The van der Waals surface area contributed by atoms with E-state index in [1.165, 1.54) is 27.8 Å². The largest absolute Gasteiger partial charge is 0.497 e. The normalized spacial score (nSPS) is 11.1. The zero-order valence-corrected chi connectivity index (χ0v) is 11.7. The van der Waals surface area contributed by atoms with Crippen molar-refractivity contribution in [3.05, 3.63) is 41.0 Å². The summed E-state index contributed by atoms with van der Waals surface area (Å²) in [5.41, 5.74) is 9.12. The van der Waals surface area contributed by atoms with Crippen LogP contribution in [0.4, 0.5) is 5.13 Å². The number of hydrogen-bond acceptors (Lipinski definition) is 4. The van der Waals surface area contributed by atoms with Crippen molar-refractivity contribution in [1.29, 1.82) is 0 Å². The topological polar surface area (TPSA) is 53.1 Å². The first-order valence-corrected chi connectivity index (χ1v) is 6.87. The van der Waals surface area contributed by atoms with Gasteiger partial charge in [0.15, 0.2) is 5.13 Å². The van der Waals surface area contributed by atoms with Crippen molar-refractivity contribution in [1.82, 2.24) is 9.55 Å². The van der Waals surface area contributed by atoms with Crippen molar-refractivity contribution < 1.29 is 4.74 Å². The molecule has 3 rings (SSSR count). The van der Waals surface area contributed by atoms with Crippen molar-refractivity contribution in [3.8, 4) is 5.75 Å². The molecule has 0 amide bonds. The molecule has 2 aromatic heterocycles. The Labute approximate surface area is 115 Å². The highest BCUT2D eigenvalue weighted by Gasteiger charge is 2.10. The summed E-state index contributed by atoms with van der Waals surface area (Å²) in [6, 6.07) is 6.13. The van der Waals surface area contributed by atoms with E-state index in [-0.39, 0.29) is 0 Å². The molecule has 0 unspecified atom stereocenters. The Hall–Kier alpha value is -2.01. The number of hydrogen-bond donors (Lipinski definition) is 1. The fourth-order valence-corrected chi connectivity index (χ4v) is 2.88. The molecule has 4 nitrogen and oxygen atoms in total. The summed E-state index contributed by atoms with van der Waals surface area (Å²) in [4.78, 5) is 4.32. The monoisotopic (exact) mass is 273 g/mol. The van der Waals surface area contributed by atoms with Crippen LogP contribution in [0.2, 0.25) is 0 Å². The molecule has 0 atom stereocenters. The number of thiazole rings is 1. The first-order chi connectivity index (χ1) is 9.17. The average molecular weight is 273 g/mol. The van der Waals surface area contributed by atoms with Crippen LogP contribution in [0.3, 0.4) is 0 Å². The maximum absolute atomic E-state index is 5.68. The molecule has 0 aliphatic carbocycles. The highest BCUT2D eigenvalue weighted by Crippen LogP contribution is 2.27. The molecule has 98 valence electrons. The number of aryl methyl sites for hydroxylation is 1. The molecule has 0 radical (unpaired) electrons. The molecule has 1 aromatic carbocycles. The summed E-state index contributed by atoms with van der Waals surface area (Å²) in [6.07, 6.45) is 2.93. The average Bonchev–Trinajstić information content (AvgIpc) is 2.95. The number of rotatable bonds is 3. The summed E-state index contributed by atoms with van der Waals surface area (Å²) < 4.78 is 7.42. The van der Waals surface area contributed by atoms with Crippen LogP contribution in [0, 0.1) is 0 Å². The highest BCUT2D eigenvalue weighted by atomic mass is 32.1. The molecule has 2 N–H and O–H groups in total. The van der Waals surface area contributed by atoms with E-state index in [9.17, 15) is 0 Å². The second-order valence-electron chi connectivity index (χ2n) is 4.50. The Balaban J connectivity index is 2.07. The van der Waals surface area contributed by atoms with Gasteiger partial charge >= 0.3 is 0 Å². The minimum atomic E-state index is 0.618. The predicted octanol–water partition coefficient (Wildman–Crippen LogP) is 2.82. The molecular weight excluding hydrogens is 258 g/mol. The van der Waals surface area contributed by atoms with Crippen LogP contribution < -0.4 is 10.5 Å². The third-order valence-corrected chi connectivity index (χ3v) is 3.94. The molecular formula is C14H15N3OS. The van der Waals surface area contributed by atoms with Gasteiger partial charge in [-0.15, -0.1) is 11.3 Å². The van der Waals surface area contributed by atoms with Gasteiger partial charge in [0, 0.05) is 35.9 Å². The maximum Gasteiger partial charge on any atom is 0.180 e. The smallest absolute Gasteiger partial charge is 0.180 e. The highest BCUT2D eigenvalue weighted by molar-refractivity contribution is 7.13. The quantitative estimate of drug-likeness (QED) is 0.798. The first-order valence-electron chi connectivity index (χ1n) is 5.99. The molecule has 2 heterocycles. The van der Waals surface area contributed by atoms with Crippen molar-refractivity contribution >= 4 is 27.4 Å². The Morgan fingerprint density at radius 2 is 2.26 bits per heavy atom. The number of nitrogens with two attached hydrogens (primary N) is 1. The fraction of sp³-hybridized carbons (Fsp3) is 0.214. The number of anilines is 1. The van der Waals surface area contributed by atoms with Crippen molar-refractivity contribution in [2.24, 2.45) is 7.05 Å². The number of nitrogen functional groups attached to an aromatic ring is 1. The lowest BCUT2D eigenvalue weighted by Crippen LogP contribution is -1.89. The van der Waals surface area contributed by atoms with Gasteiger partial charge in [0.1, 0.15) is 5.75 Å². The molecule has 0 aliphatic rings. The zero-order valence-electron chi connectivity index (χ0n) is 10.9. The molecule has 0 spiro atoms. The van der Waals surface area contributed by atoms with Crippen molar-refractivity contribution in [2.75, 3.05) is 12.8 Å². The van der Waals surface area contributed by atoms with E-state index in [1.54, 1.807) is 7.11 Å². The molecule has 5 heteroatoms. The van der Waals surface area contributed by atoms with Gasteiger partial charge in [-0.05, 0) is 23.8 Å². The van der Waals surface area contributed by atoms with Gasteiger partial charge in [-0.25, -0.2) is 4.98 Å². The molecule has 0 saturated heterocycles. The van der Waals surface area contributed by atoms with Crippen LogP contribution in [0.25, 0.3) is 10.9 Å².